The number of hydrogen-bond donors (Lipinski definition) is 0. The molecule has 27 heavy (non-hydrogen) atoms. The van der Waals surface area contributed by atoms with Gasteiger partial charge in [-0.2, -0.15) is 5.26 Å². The van der Waals surface area contributed by atoms with Gasteiger partial charge >= 0.3 is 0 Å². The van der Waals surface area contributed by atoms with Gasteiger partial charge in [0.15, 0.2) is 19.2 Å². The molecular weight excluding hydrogens is 370 g/mol. The summed E-state index contributed by atoms with van der Waals surface area (Å²) in [5, 5.41) is 9.17. The van der Waals surface area contributed by atoms with E-state index in [1.165, 1.54) is 0 Å². The highest BCUT2D eigenvalue weighted by Gasteiger charge is 2.30. The number of halogens is 1. The number of carbonyl (C=O) groups is 1. The molecule has 2 heterocycles. The topological polar surface area (TPSA) is 77.8 Å². The smallest absolute Gasteiger partial charge is 0.232 e. The molecule has 7 heteroatoms. The van der Waals surface area contributed by atoms with Gasteiger partial charge < -0.3 is 18.9 Å². The fourth-order valence-electron chi connectivity index (χ4n) is 3.13. The first kappa shape index (κ1) is 17.4. The van der Waals surface area contributed by atoms with Gasteiger partial charge in [-0.15, -0.1) is 0 Å². The van der Waals surface area contributed by atoms with E-state index in [-0.39, 0.29) is 24.9 Å². The number of rotatable bonds is 3. The van der Waals surface area contributed by atoms with Crippen LogP contribution in [0, 0.1) is 18.3 Å². The molecule has 0 bridgehead atoms. The second kappa shape index (κ2) is 6.95. The number of Topliss-reactive ketones (excluding diaryl/α,β-unsaturated/α-hetero) is 1. The average Bonchev–Trinajstić information content (AvgIpc) is 2.95. The van der Waals surface area contributed by atoms with Gasteiger partial charge in [-0.3, -0.25) is 4.79 Å². The van der Waals surface area contributed by atoms with Gasteiger partial charge in [0, 0.05) is 22.2 Å². The molecule has 2 aliphatic rings. The molecule has 0 aliphatic carbocycles. The first-order valence-corrected chi connectivity index (χ1v) is 8.56. The minimum absolute atomic E-state index is 0.0804. The minimum Gasteiger partial charge on any atom is -0.479 e. The van der Waals surface area contributed by atoms with Gasteiger partial charge in [0.05, 0.1) is 12.2 Å². The molecule has 0 amide bonds. The summed E-state index contributed by atoms with van der Waals surface area (Å²) in [6.45, 7) is 2.24. The van der Waals surface area contributed by atoms with E-state index in [0.717, 1.165) is 5.56 Å². The van der Waals surface area contributed by atoms with Crippen molar-refractivity contribution in [2.45, 2.75) is 13.5 Å². The maximum absolute atomic E-state index is 12.8. The van der Waals surface area contributed by atoms with Crippen molar-refractivity contribution >= 4 is 23.5 Å². The number of ketones is 1. The number of aryl methyl sites for hydroxylation is 1. The van der Waals surface area contributed by atoms with Gasteiger partial charge in [-0.05, 0) is 36.8 Å². The lowest BCUT2D eigenvalue weighted by Gasteiger charge is -2.20. The number of ether oxygens (including phenoxy) is 4. The molecule has 0 aromatic heterocycles. The van der Waals surface area contributed by atoms with Crippen molar-refractivity contribution in [3.05, 3.63) is 57.3 Å². The van der Waals surface area contributed by atoms with Crippen LogP contribution in [-0.4, -0.2) is 19.2 Å². The average molecular weight is 384 g/mol. The van der Waals surface area contributed by atoms with Crippen molar-refractivity contribution < 1.29 is 23.7 Å². The number of hydrogen-bond acceptors (Lipinski definition) is 6. The van der Waals surface area contributed by atoms with E-state index in [1.54, 1.807) is 37.3 Å². The van der Waals surface area contributed by atoms with Crippen LogP contribution in [0.2, 0.25) is 5.02 Å². The van der Waals surface area contributed by atoms with Gasteiger partial charge in [-0.1, -0.05) is 11.6 Å². The lowest BCUT2D eigenvalue weighted by molar-refractivity contribution is -0.0165. The van der Waals surface area contributed by atoms with Crippen molar-refractivity contribution in [2.24, 2.45) is 0 Å². The minimum atomic E-state index is -0.227. The van der Waals surface area contributed by atoms with Crippen molar-refractivity contribution in [3.8, 4) is 23.3 Å². The monoisotopic (exact) mass is 383 g/mol. The molecule has 4 rings (SSSR count). The zero-order valence-corrected chi connectivity index (χ0v) is 15.1. The molecule has 0 atom stereocenters. The Morgan fingerprint density at radius 1 is 1.33 bits per heavy atom. The molecule has 2 aliphatic heterocycles. The van der Waals surface area contributed by atoms with Crippen molar-refractivity contribution in [3.63, 3.8) is 0 Å². The van der Waals surface area contributed by atoms with E-state index < -0.39 is 0 Å². The number of nitrogens with zero attached hydrogens (tertiary/aromatic N) is 1. The van der Waals surface area contributed by atoms with E-state index in [9.17, 15) is 4.79 Å². The fourth-order valence-corrected chi connectivity index (χ4v) is 3.38. The molecule has 0 unspecified atom stereocenters. The Balaban J connectivity index is 1.72. The molecule has 6 nitrogen and oxygen atoms in total. The summed E-state index contributed by atoms with van der Waals surface area (Å²) >= 11 is 6.18. The van der Waals surface area contributed by atoms with Gasteiger partial charge in [0.1, 0.15) is 23.3 Å². The second-order valence-corrected chi connectivity index (χ2v) is 6.53. The van der Waals surface area contributed by atoms with Crippen LogP contribution in [0.4, 0.5) is 0 Å². The van der Waals surface area contributed by atoms with E-state index in [1.807, 2.05) is 6.07 Å². The zero-order chi connectivity index (χ0) is 19.0. The second-order valence-electron chi connectivity index (χ2n) is 6.09. The number of carbonyl (C=O) groups excluding carboxylic acids is 1. The standard InChI is InChI=1S/C20H14ClNO5/c1-11-4-15(25-3-2-22)8-16-18(11)19(23)17(27-16)7-12-5-14(21)6-13-9-24-10-26-20(12)13/h4-8H,3,9-10H2,1H3/b17-7-. The molecule has 0 saturated carbocycles. The molecular formula is C20H14ClNO5. The maximum atomic E-state index is 12.8. The van der Waals surface area contributed by atoms with Crippen molar-refractivity contribution in [2.75, 3.05) is 13.4 Å². The van der Waals surface area contributed by atoms with Crippen LogP contribution in [0.25, 0.3) is 6.08 Å². The van der Waals surface area contributed by atoms with E-state index in [2.05, 4.69) is 0 Å². The lowest BCUT2D eigenvalue weighted by Crippen LogP contribution is -2.12. The summed E-state index contributed by atoms with van der Waals surface area (Å²) < 4.78 is 21.9. The Bertz CT molecular complexity index is 1020. The number of nitriles is 1. The molecule has 0 N–H and O–H groups in total. The largest absolute Gasteiger partial charge is 0.479 e. The summed E-state index contributed by atoms with van der Waals surface area (Å²) in [5.74, 6) is 1.45. The Labute approximate surface area is 160 Å². The van der Waals surface area contributed by atoms with Crippen LogP contribution < -0.4 is 14.2 Å². The van der Waals surface area contributed by atoms with Crippen molar-refractivity contribution in [1.82, 2.24) is 0 Å². The molecule has 0 spiro atoms. The first-order valence-electron chi connectivity index (χ1n) is 8.18. The quantitative estimate of drug-likeness (QED) is 0.744. The van der Waals surface area contributed by atoms with Gasteiger partial charge in [0.25, 0.3) is 0 Å². The van der Waals surface area contributed by atoms with Crippen LogP contribution in [-0.2, 0) is 11.3 Å². The third kappa shape index (κ3) is 3.23. The van der Waals surface area contributed by atoms with Gasteiger partial charge in [0.2, 0.25) is 5.78 Å². The summed E-state index contributed by atoms with van der Waals surface area (Å²) in [6.07, 6.45) is 1.62. The number of fused-ring (bicyclic) bond motifs is 2. The molecule has 136 valence electrons. The summed E-state index contributed by atoms with van der Waals surface area (Å²) in [6, 6.07) is 8.71. The SMILES string of the molecule is Cc1cc(OCC#N)cc2c1C(=O)/C(=C/c1cc(Cl)cc3c1OCOC3)O2. The molecule has 2 aromatic carbocycles. The van der Waals surface area contributed by atoms with Crippen LogP contribution >= 0.6 is 11.6 Å². The Hall–Kier alpha value is -3.01. The predicted molar refractivity (Wildman–Crippen MR) is 97.0 cm³/mol. The highest BCUT2D eigenvalue weighted by molar-refractivity contribution is 6.31. The predicted octanol–water partition coefficient (Wildman–Crippen LogP) is 4.03. The highest BCUT2D eigenvalue weighted by atomic mass is 35.5. The molecule has 0 saturated heterocycles. The lowest BCUT2D eigenvalue weighted by atomic mass is 10.0. The zero-order valence-electron chi connectivity index (χ0n) is 14.4. The third-order valence-electron chi connectivity index (χ3n) is 4.24. The van der Waals surface area contributed by atoms with Crippen LogP contribution in [0.1, 0.15) is 27.0 Å². The summed E-state index contributed by atoms with van der Waals surface area (Å²) in [7, 11) is 0. The Morgan fingerprint density at radius 2 is 2.19 bits per heavy atom. The molecule has 2 aromatic rings. The third-order valence-corrected chi connectivity index (χ3v) is 4.46. The Morgan fingerprint density at radius 3 is 3.00 bits per heavy atom. The van der Waals surface area contributed by atoms with Gasteiger partial charge in [-0.25, -0.2) is 0 Å². The molecule has 0 fully saturated rings. The van der Waals surface area contributed by atoms with Crippen LogP contribution in [0.3, 0.4) is 0 Å². The Kier molecular flexibility index (Phi) is 4.48. The number of allylic oxidation sites excluding steroid dienone is 1. The van der Waals surface area contributed by atoms with E-state index in [0.29, 0.717) is 45.6 Å². The van der Waals surface area contributed by atoms with E-state index >= 15 is 0 Å². The molecule has 0 radical (unpaired) electrons. The number of benzene rings is 2. The van der Waals surface area contributed by atoms with E-state index in [4.69, 9.17) is 35.8 Å². The first-order chi connectivity index (χ1) is 13.1. The van der Waals surface area contributed by atoms with Crippen molar-refractivity contribution in [1.29, 1.82) is 5.26 Å². The van der Waals surface area contributed by atoms with Crippen LogP contribution in [0.5, 0.6) is 17.2 Å². The normalized spacial score (nSPS) is 16.2. The fraction of sp³-hybridized carbons (Fsp3) is 0.200. The summed E-state index contributed by atoms with van der Waals surface area (Å²) in [4.78, 5) is 12.8. The maximum Gasteiger partial charge on any atom is 0.232 e. The van der Waals surface area contributed by atoms with Crippen LogP contribution in [0.15, 0.2) is 30.0 Å². The highest BCUT2D eigenvalue weighted by Crippen LogP contribution is 2.39. The summed E-state index contributed by atoms with van der Waals surface area (Å²) in [5.41, 5.74) is 2.65.